The maximum atomic E-state index is 12.5. The first kappa shape index (κ1) is 25.1. The second-order valence-electron chi connectivity index (χ2n) is 6.15. The van der Waals surface area contributed by atoms with Gasteiger partial charge in [-0.15, -0.1) is 0 Å². The van der Waals surface area contributed by atoms with Crippen LogP contribution in [0.5, 0.6) is 5.75 Å². The molecule has 172 valence electrons. The quantitative estimate of drug-likeness (QED) is 0.220. The van der Waals surface area contributed by atoms with Crippen LogP contribution >= 0.6 is 11.6 Å². The zero-order chi connectivity index (χ0) is 24.1. The monoisotopic (exact) mass is 491 g/mol. The summed E-state index contributed by atoms with van der Waals surface area (Å²) in [7, 11) is -4.58. The van der Waals surface area contributed by atoms with E-state index in [1.807, 2.05) is 0 Å². The van der Waals surface area contributed by atoms with Crippen LogP contribution in [-0.2, 0) is 19.7 Å². The number of carbonyl (C=O) groups is 2. The van der Waals surface area contributed by atoms with Crippen molar-refractivity contribution in [2.24, 2.45) is 5.10 Å². The molecule has 0 bridgehead atoms. The SMILES string of the molecule is CCNC(=O)C(=O)N(C)/N=C(\c1ccc(Cl)cc1)c1ccc(OS(=O)(=O)C(F)(F)F)cc1. The van der Waals surface area contributed by atoms with Crippen LogP contribution in [-0.4, -0.2) is 50.1 Å². The molecule has 0 saturated heterocycles. The number of alkyl halides is 3. The molecule has 0 heterocycles. The molecule has 8 nitrogen and oxygen atoms in total. The van der Waals surface area contributed by atoms with Gasteiger partial charge in [0.05, 0.1) is 5.71 Å². The predicted molar refractivity (Wildman–Crippen MR) is 111 cm³/mol. The van der Waals surface area contributed by atoms with Crippen LogP contribution < -0.4 is 9.50 Å². The summed E-state index contributed by atoms with van der Waals surface area (Å²) in [5.41, 5.74) is -4.67. The van der Waals surface area contributed by atoms with Gasteiger partial charge in [0, 0.05) is 29.7 Å². The van der Waals surface area contributed by atoms with Gasteiger partial charge in [-0.2, -0.15) is 26.7 Å². The minimum atomic E-state index is -5.83. The van der Waals surface area contributed by atoms with Crippen molar-refractivity contribution in [3.05, 3.63) is 64.7 Å². The fourth-order valence-electron chi connectivity index (χ4n) is 2.31. The summed E-state index contributed by atoms with van der Waals surface area (Å²) in [6.45, 7) is 1.87. The Morgan fingerprint density at radius 2 is 1.56 bits per heavy atom. The van der Waals surface area contributed by atoms with E-state index in [1.165, 1.54) is 19.2 Å². The summed E-state index contributed by atoms with van der Waals surface area (Å²) in [5.74, 6) is -2.40. The predicted octanol–water partition coefficient (Wildman–Crippen LogP) is 2.92. The van der Waals surface area contributed by atoms with Crippen molar-refractivity contribution in [2.45, 2.75) is 12.4 Å². The van der Waals surface area contributed by atoms with Crippen molar-refractivity contribution in [1.82, 2.24) is 10.3 Å². The molecule has 32 heavy (non-hydrogen) atoms. The minimum Gasteiger partial charge on any atom is -0.376 e. The number of carbonyl (C=O) groups excluding carboxylic acids is 2. The normalized spacial score (nSPS) is 12.2. The fraction of sp³-hybridized carbons (Fsp3) is 0.211. The Kier molecular flexibility index (Phi) is 7.86. The van der Waals surface area contributed by atoms with Gasteiger partial charge in [0.15, 0.2) is 0 Å². The molecule has 0 unspecified atom stereocenters. The average molecular weight is 492 g/mol. The van der Waals surface area contributed by atoms with Crippen molar-refractivity contribution in [1.29, 1.82) is 0 Å². The maximum Gasteiger partial charge on any atom is 0.534 e. The highest BCUT2D eigenvalue weighted by Gasteiger charge is 2.48. The van der Waals surface area contributed by atoms with E-state index < -0.39 is 33.2 Å². The van der Waals surface area contributed by atoms with Crippen LogP contribution in [0.1, 0.15) is 18.1 Å². The van der Waals surface area contributed by atoms with E-state index in [-0.39, 0.29) is 12.3 Å². The van der Waals surface area contributed by atoms with Crippen LogP contribution in [0, 0.1) is 0 Å². The summed E-state index contributed by atoms with van der Waals surface area (Å²) in [6.07, 6.45) is 0. The number of nitrogens with one attached hydrogen (secondary N) is 1. The molecular formula is C19H17ClF3N3O5S. The number of hydrazone groups is 1. The van der Waals surface area contributed by atoms with Gasteiger partial charge in [0.1, 0.15) is 5.75 Å². The van der Waals surface area contributed by atoms with Crippen molar-refractivity contribution in [3.63, 3.8) is 0 Å². The highest BCUT2D eigenvalue weighted by atomic mass is 35.5. The molecule has 2 aromatic rings. The standard InChI is InChI=1S/C19H17ClF3N3O5S/c1-3-24-17(27)18(28)26(2)25-16(12-4-8-14(20)9-5-12)13-6-10-15(11-7-13)31-32(29,30)19(21,22)23/h4-11H,3H2,1-2H3,(H,24,27)/b25-16+. The summed E-state index contributed by atoms with van der Waals surface area (Å²) in [6, 6.07) is 10.7. The third-order valence-electron chi connectivity index (χ3n) is 3.81. The van der Waals surface area contributed by atoms with Crippen molar-refractivity contribution in [2.75, 3.05) is 13.6 Å². The van der Waals surface area contributed by atoms with Gasteiger partial charge < -0.3 is 9.50 Å². The van der Waals surface area contributed by atoms with Gasteiger partial charge in [-0.25, -0.2) is 5.01 Å². The first-order valence-corrected chi connectivity index (χ1v) is 10.7. The lowest BCUT2D eigenvalue weighted by atomic mass is 10.0. The van der Waals surface area contributed by atoms with Gasteiger partial charge >= 0.3 is 27.4 Å². The van der Waals surface area contributed by atoms with Gasteiger partial charge in [-0.05, 0) is 43.3 Å². The lowest BCUT2D eigenvalue weighted by Gasteiger charge is -2.15. The van der Waals surface area contributed by atoms with Gasteiger partial charge in [0.25, 0.3) is 0 Å². The molecule has 0 radical (unpaired) electrons. The fourth-order valence-corrected chi connectivity index (χ4v) is 2.90. The number of benzene rings is 2. The molecule has 0 aliphatic rings. The van der Waals surface area contributed by atoms with E-state index in [9.17, 15) is 31.2 Å². The number of amides is 2. The molecule has 0 atom stereocenters. The lowest BCUT2D eigenvalue weighted by molar-refractivity contribution is -0.144. The van der Waals surface area contributed by atoms with E-state index >= 15 is 0 Å². The number of likely N-dealkylation sites (N-methyl/N-ethyl adjacent to an activating group) is 2. The maximum absolute atomic E-state index is 12.5. The molecule has 0 spiro atoms. The summed E-state index contributed by atoms with van der Waals surface area (Å²) >= 11 is 5.89. The van der Waals surface area contributed by atoms with Crippen LogP contribution in [0.3, 0.4) is 0 Å². The van der Waals surface area contributed by atoms with Crippen molar-refractivity contribution < 1.29 is 35.4 Å². The lowest BCUT2D eigenvalue weighted by Crippen LogP contribution is -2.39. The molecule has 2 rings (SSSR count). The molecule has 13 heteroatoms. The van der Waals surface area contributed by atoms with E-state index in [2.05, 4.69) is 14.6 Å². The number of hydrogen-bond donors (Lipinski definition) is 1. The first-order valence-electron chi connectivity index (χ1n) is 8.87. The Bertz CT molecular complexity index is 1120. The first-order chi connectivity index (χ1) is 14.9. The second-order valence-corrected chi connectivity index (χ2v) is 8.13. The molecular weight excluding hydrogens is 475 g/mol. The molecule has 0 fully saturated rings. The Morgan fingerprint density at radius 3 is 2.03 bits per heavy atom. The smallest absolute Gasteiger partial charge is 0.376 e. The molecule has 0 aliphatic heterocycles. The van der Waals surface area contributed by atoms with Crippen LogP contribution in [0.15, 0.2) is 53.6 Å². The third-order valence-corrected chi connectivity index (χ3v) is 5.04. The number of nitrogens with zero attached hydrogens (tertiary/aromatic N) is 2. The van der Waals surface area contributed by atoms with Crippen molar-refractivity contribution in [3.8, 4) is 5.75 Å². The highest BCUT2D eigenvalue weighted by molar-refractivity contribution is 7.88. The highest BCUT2D eigenvalue weighted by Crippen LogP contribution is 2.27. The minimum absolute atomic E-state index is 0.159. The van der Waals surface area contributed by atoms with E-state index in [4.69, 9.17) is 11.6 Å². The van der Waals surface area contributed by atoms with E-state index in [0.29, 0.717) is 16.1 Å². The van der Waals surface area contributed by atoms with Crippen LogP contribution in [0.25, 0.3) is 0 Å². The molecule has 0 aliphatic carbocycles. The Balaban J connectivity index is 2.43. The summed E-state index contributed by atoms with van der Waals surface area (Å²) in [4.78, 5) is 24.0. The largest absolute Gasteiger partial charge is 0.534 e. The molecule has 2 aromatic carbocycles. The topological polar surface area (TPSA) is 105 Å². The van der Waals surface area contributed by atoms with Gasteiger partial charge in [-0.1, -0.05) is 23.7 Å². The summed E-state index contributed by atoms with van der Waals surface area (Å²) in [5, 5.41) is 7.71. The molecule has 1 N–H and O–H groups in total. The number of hydrogen-bond acceptors (Lipinski definition) is 6. The van der Waals surface area contributed by atoms with Crippen LogP contribution in [0.4, 0.5) is 13.2 Å². The average Bonchev–Trinajstić information content (AvgIpc) is 2.72. The Morgan fingerprint density at radius 1 is 1.06 bits per heavy atom. The Labute approximate surface area is 186 Å². The molecule has 0 aromatic heterocycles. The van der Waals surface area contributed by atoms with Crippen LogP contribution in [0.2, 0.25) is 5.02 Å². The Hall–Kier alpha value is -3.12. The summed E-state index contributed by atoms with van der Waals surface area (Å²) < 4.78 is 63.9. The van der Waals surface area contributed by atoms with Gasteiger partial charge in [-0.3, -0.25) is 9.59 Å². The van der Waals surface area contributed by atoms with E-state index in [1.54, 1.807) is 31.2 Å². The zero-order valence-corrected chi connectivity index (χ0v) is 18.3. The third kappa shape index (κ3) is 6.20. The molecule has 0 saturated carbocycles. The van der Waals surface area contributed by atoms with E-state index in [0.717, 1.165) is 17.1 Å². The number of halogens is 4. The molecule has 2 amide bonds. The number of rotatable bonds is 6. The van der Waals surface area contributed by atoms with Crippen molar-refractivity contribution >= 4 is 39.2 Å². The second kappa shape index (κ2) is 10.0. The zero-order valence-electron chi connectivity index (χ0n) is 16.7. The van der Waals surface area contributed by atoms with Gasteiger partial charge in [0.2, 0.25) is 0 Å².